The van der Waals surface area contributed by atoms with Crippen LogP contribution in [0.25, 0.3) is 0 Å². The summed E-state index contributed by atoms with van der Waals surface area (Å²) < 4.78 is 5.34. The maximum Gasteiger partial charge on any atom is 0.321 e. The number of likely N-dealkylation sites (tertiary alicyclic amines) is 1. The molecule has 0 unspecified atom stereocenters. The van der Waals surface area contributed by atoms with Crippen molar-refractivity contribution in [1.82, 2.24) is 14.7 Å². The molecule has 2 aliphatic heterocycles. The summed E-state index contributed by atoms with van der Waals surface area (Å²) in [5, 5.41) is 2.94. The molecule has 34 heavy (non-hydrogen) atoms. The van der Waals surface area contributed by atoms with E-state index in [0.29, 0.717) is 57.0 Å². The van der Waals surface area contributed by atoms with E-state index in [1.807, 2.05) is 56.3 Å². The average Bonchev–Trinajstić information content (AvgIpc) is 2.84. The van der Waals surface area contributed by atoms with Gasteiger partial charge in [0.1, 0.15) is 5.75 Å². The summed E-state index contributed by atoms with van der Waals surface area (Å²) in [5.74, 6) is -0.272. The summed E-state index contributed by atoms with van der Waals surface area (Å²) in [5.41, 5.74) is 3.85. The fourth-order valence-electron chi connectivity index (χ4n) is 4.60. The standard InChI is InChI=1S/C26H32N4O4/c1-18-4-7-20(8-5-18)17-29-14-15-30(25(32)24(29)31)21-10-12-28(13-11-21)26(33)27-22-16-19(2)6-9-23(22)34-3/h4-9,16,21H,10-15,17H2,1-3H3,(H,27,33). The van der Waals surface area contributed by atoms with E-state index in [2.05, 4.69) is 5.32 Å². The zero-order valence-corrected chi connectivity index (χ0v) is 20.0. The first-order valence-corrected chi connectivity index (χ1v) is 11.7. The Morgan fingerprint density at radius 3 is 2.29 bits per heavy atom. The molecule has 4 rings (SSSR count). The third-order valence-corrected chi connectivity index (χ3v) is 6.62. The quantitative estimate of drug-likeness (QED) is 0.689. The molecule has 8 heteroatoms. The Balaban J connectivity index is 1.30. The van der Waals surface area contributed by atoms with Gasteiger partial charge in [-0.25, -0.2) is 4.79 Å². The topological polar surface area (TPSA) is 82.2 Å². The molecule has 2 saturated heterocycles. The van der Waals surface area contributed by atoms with Gasteiger partial charge in [0.15, 0.2) is 0 Å². The van der Waals surface area contributed by atoms with Crippen LogP contribution in [0.1, 0.15) is 29.5 Å². The number of carbonyl (C=O) groups is 3. The van der Waals surface area contributed by atoms with Gasteiger partial charge in [-0.05, 0) is 49.9 Å². The molecule has 0 radical (unpaired) electrons. The SMILES string of the molecule is COc1ccc(C)cc1NC(=O)N1CCC(N2CCN(Cc3ccc(C)cc3)C(=O)C2=O)CC1. The number of carbonyl (C=O) groups excluding carboxylic acids is 3. The number of amides is 4. The van der Waals surface area contributed by atoms with E-state index in [1.54, 1.807) is 21.8 Å². The van der Waals surface area contributed by atoms with Crippen molar-refractivity contribution in [1.29, 1.82) is 0 Å². The van der Waals surface area contributed by atoms with Crippen LogP contribution in [0.3, 0.4) is 0 Å². The number of urea groups is 1. The van der Waals surface area contributed by atoms with Gasteiger partial charge in [-0.1, -0.05) is 35.9 Å². The fraction of sp³-hybridized carbons (Fsp3) is 0.423. The molecule has 0 saturated carbocycles. The van der Waals surface area contributed by atoms with Crippen LogP contribution in [0.4, 0.5) is 10.5 Å². The van der Waals surface area contributed by atoms with Crippen LogP contribution in [0, 0.1) is 13.8 Å². The van der Waals surface area contributed by atoms with E-state index in [4.69, 9.17) is 4.74 Å². The van der Waals surface area contributed by atoms with Crippen molar-refractivity contribution in [3.05, 3.63) is 59.2 Å². The van der Waals surface area contributed by atoms with Crippen LogP contribution in [0.5, 0.6) is 5.75 Å². The van der Waals surface area contributed by atoms with Crippen LogP contribution in [-0.4, -0.2) is 71.9 Å². The van der Waals surface area contributed by atoms with Crippen LogP contribution in [0.15, 0.2) is 42.5 Å². The number of methoxy groups -OCH3 is 1. The van der Waals surface area contributed by atoms with Gasteiger partial charge in [0.2, 0.25) is 0 Å². The number of nitrogens with zero attached hydrogens (tertiary/aromatic N) is 3. The summed E-state index contributed by atoms with van der Waals surface area (Å²) in [7, 11) is 1.57. The third kappa shape index (κ3) is 5.16. The first-order valence-electron chi connectivity index (χ1n) is 11.7. The second-order valence-corrected chi connectivity index (χ2v) is 9.06. The third-order valence-electron chi connectivity index (χ3n) is 6.62. The number of piperidine rings is 1. The lowest BCUT2D eigenvalue weighted by molar-refractivity contribution is -0.158. The number of aryl methyl sites for hydroxylation is 2. The first kappa shape index (κ1) is 23.6. The van der Waals surface area contributed by atoms with Crippen molar-refractivity contribution in [2.24, 2.45) is 0 Å². The smallest absolute Gasteiger partial charge is 0.321 e. The van der Waals surface area contributed by atoms with Crippen LogP contribution in [0.2, 0.25) is 0 Å². The number of ether oxygens (including phenoxy) is 1. The number of rotatable bonds is 5. The predicted octanol–water partition coefficient (Wildman–Crippen LogP) is 3.18. The fourth-order valence-corrected chi connectivity index (χ4v) is 4.60. The van der Waals surface area contributed by atoms with Crippen LogP contribution >= 0.6 is 0 Å². The molecule has 180 valence electrons. The van der Waals surface area contributed by atoms with Crippen molar-refractivity contribution >= 4 is 23.5 Å². The maximum absolute atomic E-state index is 12.9. The second-order valence-electron chi connectivity index (χ2n) is 9.06. The minimum Gasteiger partial charge on any atom is -0.495 e. The Morgan fingerprint density at radius 1 is 0.941 bits per heavy atom. The Morgan fingerprint density at radius 2 is 1.62 bits per heavy atom. The molecule has 2 aliphatic rings. The molecule has 2 fully saturated rings. The number of hydrogen-bond acceptors (Lipinski definition) is 4. The number of hydrogen-bond donors (Lipinski definition) is 1. The summed E-state index contributed by atoms with van der Waals surface area (Å²) in [6.45, 7) is 6.51. The normalized spacial score (nSPS) is 17.2. The molecule has 0 aromatic heterocycles. The Bertz CT molecular complexity index is 1060. The lowest BCUT2D eigenvalue weighted by Gasteiger charge is -2.42. The van der Waals surface area contributed by atoms with E-state index in [9.17, 15) is 14.4 Å². The second kappa shape index (κ2) is 10.2. The number of benzene rings is 2. The highest BCUT2D eigenvalue weighted by molar-refractivity contribution is 6.35. The highest BCUT2D eigenvalue weighted by Gasteiger charge is 2.38. The minimum atomic E-state index is -0.446. The van der Waals surface area contributed by atoms with Gasteiger partial charge in [-0.3, -0.25) is 9.59 Å². The van der Waals surface area contributed by atoms with Gasteiger partial charge in [0.05, 0.1) is 12.8 Å². The van der Waals surface area contributed by atoms with Gasteiger partial charge in [-0.2, -0.15) is 0 Å². The van der Waals surface area contributed by atoms with Gasteiger partial charge in [-0.15, -0.1) is 0 Å². The predicted molar refractivity (Wildman–Crippen MR) is 130 cm³/mol. The first-order chi connectivity index (χ1) is 16.4. The minimum absolute atomic E-state index is 0.0319. The molecule has 0 spiro atoms. The summed E-state index contributed by atoms with van der Waals surface area (Å²) in [6.07, 6.45) is 1.30. The molecule has 2 heterocycles. The van der Waals surface area contributed by atoms with Gasteiger partial charge >= 0.3 is 17.8 Å². The van der Waals surface area contributed by atoms with Crippen LogP contribution in [-0.2, 0) is 16.1 Å². The monoisotopic (exact) mass is 464 g/mol. The van der Waals surface area contributed by atoms with E-state index in [-0.39, 0.29) is 12.1 Å². The summed E-state index contributed by atoms with van der Waals surface area (Å²) in [4.78, 5) is 43.5. The van der Waals surface area contributed by atoms with Crippen molar-refractivity contribution in [3.63, 3.8) is 0 Å². The molecular weight excluding hydrogens is 432 g/mol. The highest BCUT2D eigenvalue weighted by atomic mass is 16.5. The average molecular weight is 465 g/mol. The Hall–Kier alpha value is -3.55. The lowest BCUT2D eigenvalue weighted by Crippen LogP contribution is -2.59. The van der Waals surface area contributed by atoms with Crippen LogP contribution < -0.4 is 10.1 Å². The zero-order chi connectivity index (χ0) is 24.2. The molecule has 0 bridgehead atoms. The van der Waals surface area contributed by atoms with Crippen molar-refractivity contribution in [2.75, 3.05) is 38.6 Å². The largest absolute Gasteiger partial charge is 0.495 e. The number of piperazine rings is 1. The van der Waals surface area contributed by atoms with E-state index in [1.165, 1.54) is 0 Å². The molecule has 0 atom stereocenters. The zero-order valence-electron chi connectivity index (χ0n) is 20.0. The molecule has 4 amide bonds. The van der Waals surface area contributed by atoms with Crippen molar-refractivity contribution in [2.45, 2.75) is 39.3 Å². The summed E-state index contributed by atoms with van der Waals surface area (Å²) in [6, 6.07) is 13.4. The summed E-state index contributed by atoms with van der Waals surface area (Å²) >= 11 is 0. The molecule has 8 nitrogen and oxygen atoms in total. The van der Waals surface area contributed by atoms with Crippen molar-refractivity contribution in [3.8, 4) is 5.75 Å². The van der Waals surface area contributed by atoms with E-state index < -0.39 is 11.8 Å². The molecule has 1 N–H and O–H groups in total. The molecule has 2 aromatic carbocycles. The van der Waals surface area contributed by atoms with Gasteiger partial charge in [0.25, 0.3) is 0 Å². The Kier molecular flexibility index (Phi) is 7.05. The van der Waals surface area contributed by atoms with Gasteiger partial charge < -0.3 is 24.8 Å². The van der Waals surface area contributed by atoms with E-state index in [0.717, 1.165) is 16.7 Å². The number of anilines is 1. The van der Waals surface area contributed by atoms with Gasteiger partial charge in [0, 0.05) is 38.8 Å². The Labute approximate surface area is 200 Å². The maximum atomic E-state index is 12.9. The number of nitrogens with one attached hydrogen (secondary N) is 1. The van der Waals surface area contributed by atoms with Crippen molar-refractivity contribution < 1.29 is 19.1 Å². The molecule has 0 aliphatic carbocycles. The lowest BCUT2D eigenvalue weighted by atomic mass is 10.0. The molecule has 2 aromatic rings. The molecular formula is C26H32N4O4. The highest BCUT2D eigenvalue weighted by Crippen LogP contribution is 2.26. The van der Waals surface area contributed by atoms with E-state index >= 15 is 0 Å².